The summed E-state index contributed by atoms with van der Waals surface area (Å²) < 4.78 is 7.19. The normalized spacial score (nSPS) is 19.9. The number of nitrogens with two attached hydrogens (primary N) is 1. The molecule has 0 aliphatic carbocycles. The average Bonchev–Trinajstić information content (AvgIpc) is 3.21. The van der Waals surface area contributed by atoms with Gasteiger partial charge in [0.05, 0.1) is 13.2 Å². The van der Waals surface area contributed by atoms with Crippen LogP contribution in [0.4, 0.5) is 5.69 Å². The average molecular weight is 397 g/mol. The van der Waals surface area contributed by atoms with E-state index in [1.807, 2.05) is 29.2 Å². The fourth-order valence-corrected chi connectivity index (χ4v) is 4.17. The Morgan fingerprint density at radius 2 is 1.90 bits per heavy atom. The molecule has 0 saturated carbocycles. The number of primary amides is 1. The molecule has 4 rings (SSSR count). The molecule has 1 aromatic carbocycles. The lowest BCUT2D eigenvalue weighted by atomic mass is 9.96. The highest BCUT2D eigenvalue weighted by Gasteiger charge is 2.28. The number of anilines is 1. The molecule has 0 radical (unpaired) electrons. The number of hydrogen-bond acceptors (Lipinski definition) is 5. The third kappa shape index (κ3) is 4.42. The maximum Gasteiger partial charge on any atom is 0.253 e. The number of aromatic nitrogens is 2. The van der Waals surface area contributed by atoms with Crippen LogP contribution in [0.3, 0.4) is 0 Å². The highest BCUT2D eigenvalue weighted by molar-refractivity contribution is 5.94. The van der Waals surface area contributed by atoms with E-state index in [9.17, 15) is 9.59 Å². The number of likely N-dealkylation sites (tertiary alicyclic amines) is 1. The molecular weight excluding hydrogens is 370 g/mol. The Morgan fingerprint density at radius 1 is 1.14 bits per heavy atom. The van der Waals surface area contributed by atoms with E-state index in [4.69, 9.17) is 10.5 Å². The molecule has 2 aliphatic rings. The summed E-state index contributed by atoms with van der Waals surface area (Å²) >= 11 is 0. The maximum atomic E-state index is 13.1. The Kier molecular flexibility index (Phi) is 5.80. The van der Waals surface area contributed by atoms with E-state index in [1.54, 1.807) is 17.0 Å². The summed E-state index contributed by atoms with van der Waals surface area (Å²) in [7, 11) is 0. The zero-order chi connectivity index (χ0) is 20.2. The first-order valence-corrected chi connectivity index (χ1v) is 10.1. The molecule has 2 saturated heterocycles. The number of ether oxygens (including phenoxy) is 1. The standard InChI is InChI=1S/C21H27N5O3/c22-19(27)15-25-9-7-23-20(25)17-2-1-8-26(14-17)21(28)16-3-5-18(6-4-16)24-10-12-29-13-11-24/h3-7,9,17H,1-2,8,10-15H2,(H2,22,27)/t17-/m0/s1. The molecule has 0 bridgehead atoms. The van der Waals surface area contributed by atoms with E-state index in [0.29, 0.717) is 12.1 Å². The zero-order valence-corrected chi connectivity index (χ0v) is 16.5. The second kappa shape index (κ2) is 8.65. The minimum atomic E-state index is -0.395. The largest absolute Gasteiger partial charge is 0.378 e. The highest BCUT2D eigenvalue weighted by Crippen LogP contribution is 2.27. The maximum absolute atomic E-state index is 13.1. The molecule has 2 aliphatic heterocycles. The van der Waals surface area contributed by atoms with Gasteiger partial charge >= 0.3 is 0 Å². The van der Waals surface area contributed by atoms with Crippen molar-refractivity contribution in [1.82, 2.24) is 14.5 Å². The van der Waals surface area contributed by atoms with Gasteiger partial charge in [-0.3, -0.25) is 9.59 Å². The van der Waals surface area contributed by atoms with Gasteiger partial charge in [0, 0.05) is 55.7 Å². The van der Waals surface area contributed by atoms with Crippen molar-refractivity contribution < 1.29 is 14.3 Å². The quantitative estimate of drug-likeness (QED) is 0.819. The molecule has 0 spiro atoms. The second-order valence-electron chi connectivity index (χ2n) is 7.62. The van der Waals surface area contributed by atoms with Crippen molar-refractivity contribution in [2.75, 3.05) is 44.3 Å². The van der Waals surface area contributed by atoms with Crippen molar-refractivity contribution in [2.45, 2.75) is 25.3 Å². The van der Waals surface area contributed by atoms with E-state index in [2.05, 4.69) is 9.88 Å². The Bertz CT molecular complexity index is 857. The van der Waals surface area contributed by atoms with Gasteiger partial charge in [-0.05, 0) is 37.1 Å². The lowest BCUT2D eigenvalue weighted by molar-refractivity contribution is -0.118. The predicted octanol–water partition coefficient (Wildman–Crippen LogP) is 1.22. The number of amides is 2. The first kappa shape index (κ1) is 19.4. The number of rotatable bonds is 5. The monoisotopic (exact) mass is 397 g/mol. The lowest BCUT2D eigenvalue weighted by Gasteiger charge is -2.33. The number of carbonyl (C=O) groups excluding carboxylic acids is 2. The van der Waals surface area contributed by atoms with E-state index in [-0.39, 0.29) is 18.4 Å². The topological polar surface area (TPSA) is 93.7 Å². The summed E-state index contributed by atoms with van der Waals surface area (Å²) in [6.45, 7) is 4.67. The van der Waals surface area contributed by atoms with Crippen LogP contribution in [-0.4, -0.2) is 65.7 Å². The number of imidazole rings is 1. The van der Waals surface area contributed by atoms with Crippen LogP contribution in [-0.2, 0) is 16.1 Å². The second-order valence-corrected chi connectivity index (χ2v) is 7.62. The van der Waals surface area contributed by atoms with Crippen LogP contribution in [0, 0.1) is 0 Å². The van der Waals surface area contributed by atoms with Gasteiger partial charge in [-0.2, -0.15) is 0 Å². The third-order valence-corrected chi connectivity index (χ3v) is 5.64. The smallest absolute Gasteiger partial charge is 0.253 e. The molecule has 2 aromatic rings. The van der Waals surface area contributed by atoms with Crippen LogP contribution in [0.15, 0.2) is 36.7 Å². The van der Waals surface area contributed by atoms with Crippen molar-refractivity contribution in [3.63, 3.8) is 0 Å². The first-order chi connectivity index (χ1) is 14.1. The summed E-state index contributed by atoms with van der Waals surface area (Å²) in [4.78, 5) is 32.9. The Hall–Kier alpha value is -2.87. The fourth-order valence-electron chi connectivity index (χ4n) is 4.17. The molecule has 1 aromatic heterocycles. The Balaban J connectivity index is 1.43. The van der Waals surface area contributed by atoms with Crippen LogP contribution in [0.2, 0.25) is 0 Å². The number of carbonyl (C=O) groups is 2. The van der Waals surface area contributed by atoms with E-state index in [1.165, 1.54) is 0 Å². The first-order valence-electron chi connectivity index (χ1n) is 10.1. The molecule has 0 unspecified atom stereocenters. The number of hydrogen-bond donors (Lipinski definition) is 1. The molecule has 1 atom stereocenters. The van der Waals surface area contributed by atoms with Crippen molar-refractivity contribution in [3.8, 4) is 0 Å². The summed E-state index contributed by atoms with van der Waals surface area (Å²) in [5.74, 6) is 0.572. The molecular formula is C21H27N5O3. The van der Waals surface area contributed by atoms with E-state index in [0.717, 1.165) is 57.2 Å². The summed E-state index contributed by atoms with van der Waals surface area (Å²) in [6, 6.07) is 7.84. The van der Waals surface area contributed by atoms with Gasteiger partial charge in [0.1, 0.15) is 12.4 Å². The van der Waals surface area contributed by atoms with Gasteiger partial charge in [-0.25, -0.2) is 4.98 Å². The molecule has 8 heteroatoms. The summed E-state index contributed by atoms with van der Waals surface area (Å²) in [5, 5.41) is 0. The lowest BCUT2D eigenvalue weighted by Crippen LogP contribution is -2.40. The van der Waals surface area contributed by atoms with Gasteiger partial charge in [0.15, 0.2) is 0 Å². The van der Waals surface area contributed by atoms with Gasteiger partial charge in [-0.1, -0.05) is 0 Å². The molecule has 2 N–H and O–H groups in total. The van der Waals surface area contributed by atoms with E-state index >= 15 is 0 Å². The van der Waals surface area contributed by atoms with Crippen molar-refractivity contribution in [1.29, 1.82) is 0 Å². The predicted molar refractivity (Wildman–Crippen MR) is 109 cm³/mol. The highest BCUT2D eigenvalue weighted by atomic mass is 16.5. The molecule has 29 heavy (non-hydrogen) atoms. The van der Waals surface area contributed by atoms with Crippen molar-refractivity contribution in [3.05, 3.63) is 48.0 Å². The van der Waals surface area contributed by atoms with Crippen LogP contribution in [0.25, 0.3) is 0 Å². The van der Waals surface area contributed by atoms with Crippen LogP contribution in [0.1, 0.15) is 34.9 Å². The van der Waals surface area contributed by atoms with Crippen LogP contribution >= 0.6 is 0 Å². The Labute approximate surface area is 170 Å². The molecule has 3 heterocycles. The minimum absolute atomic E-state index is 0.0382. The van der Waals surface area contributed by atoms with Gasteiger partial charge in [0.2, 0.25) is 5.91 Å². The van der Waals surface area contributed by atoms with Crippen LogP contribution in [0.5, 0.6) is 0 Å². The van der Waals surface area contributed by atoms with Crippen molar-refractivity contribution >= 4 is 17.5 Å². The number of piperidine rings is 1. The third-order valence-electron chi connectivity index (χ3n) is 5.64. The molecule has 8 nitrogen and oxygen atoms in total. The minimum Gasteiger partial charge on any atom is -0.378 e. The number of morpholine rings is 1. The van der Waals surface area contributed by atoms with Gasteiger partial charge < -0.3 is 24.8 Å². The van der Waals surface area contributed by atoms with Crippen LogP contribution < -0.4 is 10.6 Å². The number of nitrogens with zero attached hydrogens (tertiary/aromatic N) is 4. The zero-order valence-electron chi connectivity index (χ0n) is 16.5. The van der Waals surface area contributed by atoms with Crippen molar-refractivity contribution in [2.24, 2.45) is 5.73 Å². The van der Waals surface area contributed by atoms with Gasteiger partial charge in [0.25, 0.3) is 5.91 Å². The Morgan fingerprint density at radius 3 is 2.62 bits per heavy atom. The molecule has 2 fully saturated rings. The molecule has 2 amide bonds. The summed E-state index contributed by atoms with van der Waals surface area (Å²) in [5.41, 5.74) is 7.15. The fraction of sp³-hybridized carbons (Fsp3) is 0.476. The SMILES string of the molecule is NC(=O)Cn1ccnc1[C@H]1CCCN(C(=O)c2ccc(N3CCOCC3)cc2)C1. The number of benzene rings is 1. The van der Waals surface area contributed by atoms with E-state index < -0.39 is 5.91 Å². The van der Waals surface area contributed by atoms with Gasteiger partial charge in [-0.15, -0.1) is 0 Å². The molecule has 154 valence electrons. The summed E-state index contributed by atoms with van der Waals surface area (Å²) in [6.07, 6.45) is 5.30.